The first-order chi connectivity index (χ1) is 11.2. The second-order valence-electron chi connectivity index (χ2n) is 4.40. The molecule has 5 nitrogen and oxygen atoms in total. The molecule has 0 aromatic rings. The molecule has 0 bridgehead atoms. The Balaban J connectivity index is 6.03. The van der Waals surface area contributed by atoms with Crippen LogP contribution in [0.25, 0.3) is 0 Å². The first-order valence-electron chi connectivity index (χ1n) is 5.57. The number of ketones is 4. The molecule has 0 radical (unpaired) electrons. The highest BCUT2D eigenvalue weighted by Gasteiger charge is 2.73. The van der Waals surface area contributed by atoms with Crippen molar-refractivity contribution in [3.05, 3.63) is 0 Å². The Kier molecular flexibility index (Phi) is 6.01. The summed E-state index contributed by atoms with van der Waals surface area (Å²) in [5.41, 5.74) is 0. The van der Waals surface area contributed by atoms with E-state index in [-0.39, 0.29) is 0 Å². The quantitative estimate of drug-likeness (QED) is 0.481. The molecule has 0 aromatic carbocycles. The fourth-order valence-corrected chi connectivity index (χ4v) is 1.18. The predicted molar refractivity (Wildman–Crippen MR) is 53.0 cm³/mol. The molecule has 0 amide bonds. The molecule has 16 heteroatoms. The van der Waals surface area contributed by atoms with Crippen LogP contribution in [-0.4, -0.2) is 64.7 Å². The second-order valence-corrected chi connectivity index (χ2v) is 4.40. The van der Waals surface area contributed by atoms with Crippen LogP contribution in [-0.2, 0) is 19.2 Å². The van der Waals surface area contributed by atoms with E-state index in [1.54, 1.807) is 0 Å². The predicted octanol–water partition coefficient (Wildman–Crippen LogP) is 1.36. The number of carbonyl (C=O) groups excluding carboxylic acids is 4. The van der Waals surface area contributed by atoms with E-state index in [9.17, 15) is 67.5 Å². The number of aliphatic hydroxyl groups is 1. The molecule has 0 unspecified atom stereocenters. The summed E-state index contributed by atoms with van der Waals surface area (Å²) in [5, 5.41) is 7.95. The van der Waals surface area contributed by atoms with Gasteiger partial charge in [0.05, 0.1) is 0 Å². The summed E-state index contributed by atoms with van der Waals surface area (Å²) in [6.45, 7) is -2.75. The molecule has 0 fully saturated rings. The number of Topliss-reactive ketones (excluding diaryl/α,β-unsaturated/α-hetero) is 4. The Morgan fingerprint density at radius 3 is 1.08 bits per heavy atom. The van der Waals surface area contributed by atoms with Gasteiger partial charge < -0.3 is 5.11 Å². The van der Waals surface area contributed by atoms with Gasteiger partial charge in [0.25, 0.3) is 17.3 Å². The van der Waals surface area contributed by atoms with Crippen molar-refractivity contribution in [1.82, 2.24) is 0 Å². The maximum atomic E-state index is 13.2. The molecule has 0 aliphatic carbocycles. The summed E-state index contributed by atoms with van der Waals surface area (Å²) in [6, 6.07) is 0. The number of alkyl halides is 11. The fourth-order valence-electron chi connectivity index (χ4n) is 1.18. The molecule has 0 aliphatic rings. The molecule has 0 aromatic heterocycles. The molecule has 26 heavy (non-hydrogen) atoms. The van der Waals surface area contributed by atoms with Gasteiger partial charge in [-0.1, -0.05) is 0 Å². The summed E-state index contributed by atoms with van der Waals surface area (Å²) in [4.78, 5) is 42.3. The smallest absolute Gasteiger partial charge is 0.390 e. The van der Waals surface area contributed by atoms with Gasteiger partial charge in [-0.3, -0.25) is 19.2 Å². The highest BCUT2D eigenvalue weighted by Crippen LogP contribution is 2.38. The first-order valence-corrected chi connectivity index (χ1v) is 5.57. The van der Waals surface area contributed by atoms with Gasteiger partial charge in [-0.05, 0) is 0 Å². The number of aliphatic hydroxyl groups excluding tert-OH is 1. The summed E-state index contributed by atoms with van der Waals surface area (Å²) in [7, 11) is 0. The van der Waals surface area contributed by atoms with Crippen LogP contribution in [0.3, 0.4) is 0 Å². The lowest BCUT2D eigenvalue weighted by atomic mass is 9.94. The zero-order valence-corrected chi connectivity index (χ0v) is 11.4. The first kappa shape index (κ1) is 23.9. The average Bonchev–Trinajstić information content (AvgIpc) is 2.50. The Hall–Kier alpha value is -2.13. The Morgan fingerprint density at radius 2 is 0.808 bits per heavy atom. The molecule has 0 aliphatic heterocycles. The van der Waals surface area contributed by atoms with E-state index in [1.165, 1.54) is 0 Å². The van der Waals surface area contributed by atoms with Gasteiger partial charge in [0, 0.05) is 0 Å². The van der Waals surface area contributed by atoms with Gasteiger partial charge in [-0.2, -0.15) is 48.3 Å². The lowest BCUT2D eigenvalue weighted by molar-refractivity contribution is -0.207. The van der Waals surface area contributed by atoms with Gasteiger partial charge in [-0.25, -0.2) is 0 Å². The summed E-state index contributed by atoms with van der Waals surface area (Å²) in [5.74, 6) is -43.4. The minimum Gasteiger partial charge on any atom is -0.390 e. The van der Waals surface area contributed by atoms with Crippen molar-refractivity contribution in [2.24, 2.45) is 0 Å². The van der Waals surface area contributed by atoms with E-state index in [0.29, 0.717) is 0 Å². The Morgan fingerprint density at radius 1 is 0.538 bits per heavy atom. The molecule has 0 rings (SSSR count). The SMILES string of the molecule is O=C(C(F)(F)F)C(F)(F)C(=O)C(F)(F)C(=O)C(F)(F)C(=O)C(F)(F)CO. The van der Waals surface area contributed by atoms with Gasteiger partial charge >= 0.3 is 35.6 Å². The molecule has 1 N–H and O–H groups in total. The van der Waals surface area contributed by atoms with E-state index in [2.05, 4.69) is 0 Å². The van der Waals surface area contributed by atoms with Crippen LogP contribution in [0.4, 0.5) is 48.3 Å². The maximum Gasteiger partial charge on any atom is 0.456 e. The van der Waals surface area contributed by atoms with Gasteiger partial charge in [0.15, 0.2) is 0 Å². The lowest BCUT2D eigenvalue weighted by Crippen LogP contribution is -2.61. The van der Waals surface area contributed by atoms with E-state index in [0.717, 1.165) is 0 Å². The van der Waals surface area contributed by atoms with Crippen molar-refractivity contribution < 1.29 is 72.6 Å². The Bertz CT molecular complexity index is 634. The van der Waals surface area contributed by atoms with Gasteiger partial charge in [-0.15, -0.1) is 0 Å². The van der Waals surface area contributed by atoms with Crippen molar-refractivity contribution in [3.8, 4) is 0 Å². The van der Waals surface area contributed by atoms with Crippen LogP contribution in [0.15, 0.2) is 0 Å². The highest BCUT2D eigenvalue weighted by atomic mass is 19.4. The number of halogens is 11. The monoisotopic (exact) mass is 412 g/mol. The summed E-state index contributed by atoms with van der Waals surface area (Å²) >= 11 is 0. The van der Waals surface area contributed by atoms with E-state index >= 15 is 0 Å². The van der Waals surface area contributed by atoms with Crippen molar-refractivity contribution >= 4 is 23.1 Å². The third-order valence-electron chi connectivity index (χ3n) is 2.50. The molecule has 0 heterocycles. The number of rotatable bonds is 8. The van der Waals surface area contributed by atoms with Crippen LogP contribution in [0, 0.1) is 0 Å². The molecular weight excluding hydrogens is 409 g/mol. The van der Waals surface area contributed by atoms with Gasteiger partial charge in [0.1, 0.15) is 6.61 Å². The fraction of sp³-hybridized carbons (Fsp3) is 0.600. The van der Waals surface area contributed by atoms with Crippen LogP contribution < -0.4 is 0 Å². The van der Waals surface area contributed by atoms with E-state index < -0.39 is 59.6 Å². The maximum absolute atomic E-state index is 13.2. The van der Waals surface area contributed by atoms with Crippen molar-refractivity contribution in [2.75, 3.05) is 6.61 Å². The van der Waals surface area contributed by atoms with Crippen molar-refractivity contribution in [2.45, 2.75) is 29.9 Å². The standard InChI is InChI=1S/C10H3F11O5/c11-6(12,1-22)2(23)7(13,14)3(24)8(15,16)4(25)9(17,18)5(26)10(19,20)21/h22H,1H2. The third kappa shape index (κ3) is 3.99. The highest BCUT2D eigenvalue weighted by molar-refractivity contribution is 6.26. The minimum absolute atomic E-state index is 2.75. The molecule has 150 valence electrons. The lowest BCUT2D eigenvalue weighted by Gasteiger charge is -2.24. The number of hydrogen-bond acceptors (Lipinski definition) is 5. The third-order valence-corrected chi connectivity index (χ3v) is 2.50. The second kappa shape index (κ2) is 6.55. The Labute approximate surface area is 133 Å². The minimum atomic E-state index is -6.85. The molecule has 0 saturated carbocycles. The number of hydrogen-bond donors (Lipinski definition) is 1. The molecule has 0 saturated heterocycles. The number of carbonyl (C=O) groups is 4. The molecule has 0 atom stereocenters. The largest absolute Gasteiger partial charge is 0.456 e. The summed E-state index contributed by atoms with van der Waals surface area (Å²) < 4.78 is 139. The average molecular weight is 412 g/mol. The van der Waals surface area contributed by atoms with Crippen LogP contribution in [0.2, 0.25) is 0 Å². The topological polar surface area (TPSA) is 88.5 Å². The zero-order chi connectivity index (χ0) is 21.5. The van der Waals surface area contributed by atoms with Crippen molar-refractivity contribution in [3.63, 3.8) is 0 Å². The van der Waals surface area contributed by atoms with E-state index in [1.807, 2.05) is 0 Å². The van der Waals surface area contributed by atoms with Crippen LogP contribution in [0.1, 0.15) is 0 Å². The molecule has 0 spiro atoms. The molecular formula is C10H3F11O5. The van der Waals surface area contributed by atoms with Gasteiger partial charge in [0.2, 0.25) is 0 Å². The van der Waals surface area contributed by atoms with Crippen LogP contribution >= 0.6 is 0 Å². The van der Waals surface area contributed by atoms with Crippen molar-refractivity contribution in [1.29, 1.82) is 0 Å². The van der Waals surface area contributed by atoms with Crippen LogP contribution in [0.5, 0.6) is 0 Å². The van der Waals surface area contributed by atoms with E-state index in [4.69, 9.17) is 5.11 Å². The zero-order valence-electron chi connectivity index (χ0n) is 11.4. The normalized spacial score (nSPS) is 14.2. The summed E-state index contributed by atoms with van der Waals surface area (Å²) in [6.07, 6.45) is -6.62.